The smallest absolute Gasteiger partial charge is 0.267 e. The predicted molar refractivity (Wildman–Crippen MR) is 57.0 cm³/mol. The summed E-state index contributed by atoms with van der Waals surface area (Å²) in [4.78, 5) is 0. The molecule has 0 saturated carbocycles. The molecule has 4 nitrogen and oxygen atoms in total. The lowest BCUT2D eigenvalue weighted by atomic mass is 10.3. The quantitative estimate of drug-likeness (QED) is 0.590. The average molecular weight is 248 g/mol. The fourth-order valence-corrected chi connectivity index (χ4v) is 1.60. The van der Waals surface area contributed by atoms with Crippen molar-refractivity contribution in [2.75, 3.05) is 6.26 Å². The zero-order valence-electron chi connectivity index (χ0n) is 9.01. The molecule has 0 saturated heterocycles. The first-order valence-corrected chi connectivity index (χ1v) is 6.53. The van der Waals surface area contributed by atoms with E-state index in [0.717, 1.165) is 6.26 Å². The molecule has 1 rings (SSSR count). The Balaban J connectivity index is 2.67. The van der Waals surface area contributed by atoms with Crippen LogP contribution in [0.15, 0.2) is 24.3 Å². The number of halogens is 1. The van der Waals surface area contributed by atoms with Crippen LogP contribution in [0.3, 0.4) is 0 Å². The van der Waals surface area contributed by atoms with Gasteiger partial charge in [0.05, 0.1) is 6.26 Å². The van der Waals surface area contributed by atoms with Crippen LogP contribution >= 0.6 is 0 Å². The molecule has 90 valence electrons. The van der Waals surface area contributed by atoms with Gasteiger partial charge in [-0.2, -0.15) is 8.42 Å². The molecule has 6 heteroatoms. The van der Waals surface area contributed by atoms with E-state index >= 15 is 0 Å². The van der Waals surface area contributed by atoms with Gasteiger partial charge in [0.25, 0.3) is 10.1 Å². The second kappa shape index (κ2) is 5.27. The fourth-order valence-electron chi connectivity index (χ4n) is 1.03. The van der Waals surface area contributed by atoms with E-state index in [1.807, 2.05) is 0 Å². The maximum absolute atomic E-state index is 12.6. The van der Waals surface area contributed by atoms with Gasteiger partial charge in [0.2, 0.25) is 6.29 Å². The average Bonchev–Trinajstić information content (AvgIpc) is 2.18. The highest BCUT2D eigenvalue weighted by atomic mass is 32.2. The Labute approximate surface area is 94.1 Å². The van der Waals surface area contributed by atoms with E-state index in [0.29, 0.717) is 12.2 Å². The van der Waals surface area contributed by atoms with Gasteiger partial charge >= 0.3 is 0 Å². The first-order valence-electron chi connectivity index (χ1n) is 4.71. The Bertz CT molecular complexity index is 427. The number of benzene rings is 1. The molecule has 0 heterocycles. The van der Waals surface area contributed by atoms with Crippen LogP contribution in [0.25, 0.3) is 0 Å². The molecular weight excluding hydrogens is 235 g/mol. The summed E-state index contributed by atoms with van der Waals surface area (Å²) in [5.41, 5.74) is 0. The molecule has 0 fully saturated rings. The van der Waals surface area contributed by atoms with Crippen LogP contribution in [0, 0.1) is 5.82 Å². The van der Waals surface area contributed by atoms with E-state index in [9.17, 15) is 12.8 Å². The van der Waals surface area contributed by atoms with Gasteiger partial charge in [-0.05, 0) is 24.3 Å². The van der Waals surface area contributed by atoms with Crippen molar-refractivity contribution in [1.29, 1.82) is 0 Å². The monoisotopic (exact) mass is 248 g/mol. The summed E-state index contributed by atoms with van der Waals surface area (Å²) >= 11 is 0. The zero-order chi connectivity index (χ0) is 12.2. The van der Waals surface area contributed by atoms with Crippen molar-refractivity contribution in [3.05, 3.63) is 30.1 Å². The van der Waals surface area contributed by atoms with E-state index in [4.69, 9.17) is 4.74 Å². The van der Waals surface area contributed by atoms with Gasteiger partial charge in [-0.1, -0.05) is 6.92 Å². The SMILES string of the molecule is CCC(Oc1ccc(F)cc1)OS(C)(=O)=O. The Morgan fingerprint density at radius 2 is 1.88 bits per heavy atom. The van der Waals surface area contributed by atoms with Gasteiger partial charge in [0.15, 0.2) is 0 Å². The topological polar surface area (TPSA) is 52.6 Å². The van der Waals surface area contributed by atoms with Crippen LogP contribution in [-0.4, -0.2) is 21.0 Å². The first-order chi connectivity index (χ1) is 7.40. The highest BCUT2D eigenvalue weighted by Crippen LogP contribution is 2.15. The molecular formula is C10H13FO4S. The Hall–Kier alpha value is -1.14. The molecule has 0 spiro atoms. The lowest BCUT2D eigenvalue weighted by Crippen LogP contribution is -2.22. The van der Waals surface area contributed by atoms with E-state index in [1.165, 1.54) is 24.3 Å². The van der Waals surface area contributed by atoms with E-state index in [-0.39, 0.29) is 5.82 Å². The van der Waals surface area contributed by atoms with Crippen LogP contribution in [0.1, 0.15) is 13.3 Å². The van der Waals surface area contributed by atoms with Crippen molar-refractivity contribution < 1.29 is 21.7 Å². The van der Waals surface area contributed by atoms with Crippen LogP contribution < -0.4 is 4.74 Å². The summed E-state index contributed by atoms with van der Waals surface area (Å²) < 4.78 is 44.3. The Kier molecular flexibility index (Phi) is 4.26. The van der Waals surface area contributed by atoms with E-state index < -0.39 is 16.4 Å². The molecule has 0 amide bonds. The largest absolute Gasteiger partial charge is 0.464 e. The van der Waals surface area contributed by atoms with Crippen LogP contribution in [0.2, 0.25) is 0 Å². The van der Waals surface area contributed by atoms with E-state index in [1.54, 1.807) is 6.92 Å². The number of rotatable bonds is 5. The summed E-state index contributed by atoms with van der Waals surface area (Å²) in [5.74, 6) is -0.0265. The molecule has 0 aliphatic carbocycles. The summed E-state index contributed by atoms with van der Waals surface area (Å²) in [5, 5.41) is 0. The van der Waals surface area contributed by atoms with Crippen molar-refractivity contribution in [2.24, 2.45) is 0 Å². The normalized spacial score (nSPS) is 13.4. The number of hydrogen-bond donors (Lipinski definition) is 0. The molecule has 1 aromatic rings. The third kappa shape index (κ3) is 4.59. The van der Waals surface area contributed by atoms with Crippen LogP contribution in [0.5, 0.6) is 5.75 Å². The predicted octanol–water partition coefficient (Wildman–Crippen LogP) is 1.92. The first kappa shape index (κ1) is 12.9. The van der Waals surface area contributed by atoms with Crippen LogP contribution in [-0.2, 0) is 14.3 Å². The number of hydrogen-bond acceptors (Lipinski definition) is 4. The van der Waals surface area contributed by atoms with Crippen LogP contribution in [0.4, 0.5) is 4.39 Å². The molecule has 0 aliphatic heterocycles. The number of ether oxygens (including phenoxy) is 1. The Morgan fingerprint density at radius 3 is 2.31 bits per heavy atom. The molecule has 0 aromatic heterocycles. The highest BCUT2D eigenvalue weighted by molar-refractivity contribution is 7.86. The standard InChI is InChI=1S/C10H13FO4S/c1-3-10(15-16(2,12)13)14-9-6-4-8(11)5-7-9/h4-7,10H,3H2,1-2H3. The fraction of sp³-hybridized carbons (Fsp3) is 0.400. The van der Waals surface area contributed by atoms with Crippen molar-refractivity contribution in [3.63, 3.8) is 0 Å². The summed E-state index contributed by atoms with van der Waals surface area (Å²) in [6, 6.07) is 5.26. The molecule has 16 heavy (non-hydrogen) atoms. The molecule has 1 atom stereocenters. The van der Waals surface area contributed by atoms with Crippen molar-refractivity contribution >= 4 is 10.1 Å². The zero-order valence-corrected chi connectivity index (χ0v) is 9.83. The highest BCUT2D eigenvalue weighted by Gasteiger charge is 2.14. The summed E-state index contributed by atoms with van der Waals surface area (Å²) in [6.45, 7) is 1.72. The Morgan fingerprint density at radius 1 is 1.31 bits per heavy atom. The maximum atomic E-state index is 12.6. The minimum atomic E-state index is -3.56. The molecule has 0 bridgehead atoms. The van der Waals surface area contributed by atoms with Crippen molar-refractivity contribution in [3.8, 4) is 5.75 Å². The maximum Gasteiger partial charge on any atom is 0.267 e. The second-order valence-electron chi connectivity index (χ2n) is 3.21. The van der Waals surface area contributed by atoms with Gasteiger partial charge in [0.1, 0.15) is 11.6 Å². The second-order valence-corrected chi connectivity index (χ2v) is 4.81. The van der Waals surface area contributed by atoms with E-state index in [2.05, 4.69) is 4.18 Å². The third-order valence-corrected chi connectivity index (χ3v) is 2.26. The molecule has 1 unspecified atom stereocenters. The lowest BCUT2D eigenvalue weighted by molar-refractivity contribution is 0.00967. The third-order valence-electron chi connectivity index (χ3n) is 1.70. The van der Waals surface area contributed by atoms with Gasteiger partial charge in [-0.25, -0.2) is 8.57 Å². The summed E-state index contributed by atoms with van der Waals surface area (Å²) in [6.07, 6.45) is 0.425. The van der Waals surface area contributed by atoms with Gasteiger partial charge in [0, 0.05) is 6.42 Å². The lowest BCUT2D eigenvalue weighted by Gasteiger charge is -2.16. The minimum Gasteiger partial charge on any atom is -0.464 e. The molecule has 0 aliphatic rings. The molecule has 1 aromatic carbocycles. The van der Waals surface area contributed by atoms with Gasteiger partial charge in [-0.3, -0.25) is 0 Å². The minimum absolute atomic E-state index is 0.358. The van der Waals surface area contributed by atoms with Gasteiger partial charge in [-0.15, -0.1) is 0 Å². The molecule has 0 N–H and O–H groups in total. The molecule has 0 radical (unpaired) electrons. The summed E-state index contributed by atoms with van der Waals surface area (Å²) in [7, 11) is -3.56. The van der Waals surface area contributed by atoms with Crippen molar-refractivity contribution in [1.82, 2.24) is 0 Å². The van der Waals surface area contributed by atoms with Crippen molar-refractivity contribution in [2.45, 2.75) is 19.6 Å². The van der Waals surface area contributed by atoms with Gasteiger partial charge < -0.3 is 4.74 Å².